The predicted octanol–water partition coefficient (Wildman–Crippen LogP) is 5.05. The number of piperidine rings is 1. The number of imidazole rings is 1. The maximum Gasteiger partial charge on any atom is 0.255 e. The van der Waals surface area contributed by atoms with Crippen LogP contribution >= 0.6 is 0 Å². The molecule has 8 heteroatoms. The number of para-hydroxylation sites is 2. The zero-order chi connectivity index (χ0) is 23.7. The van der Waals surface area contributed by atoms with Gasteiger partial charge in [-0.2, -0.15) is 4.31 Å². The third-order valence-corrected chi connectivity index (χ3v) is 8.30. The second-order valence-electron chi connectivity index (χ2n) is 8.62. The quantitative estimate of drug-likeness (QED) is 0.423. The van der Waals surface area contributed by atoms with E-state index < -0.39 is 10.0 Å². The number of hydrogen-bond donors (Lipinski definition) is 2. The molecule has 1 aliphatic rings. The van der Waals surface area contributed by atoms with Gasteiger partial charge in [0.1, 0.15) is 5.82 Å². The molecule has 1 aliphatic heterocycles. The van der Waals surface area contributed by atoms with Gasteiger partial charge in [-0.3, -0.25) is 4.79 Å². The Balaban J connectivity index is 1.28. The van der Waals surface area contributed by atoms with E-state index in [0.29, 0.717) is 17.8 Å². The number of sulfonamides is 1. The normalized spacial score (nSPS) is 17.0. The minimum absolute atomic E-state index is 0.00994. The first kappa shape index (κ1) is 22.3. The topological polar surface area (TPSA) is 95.2 Å². The molecule has 2 heterocycles. The van der Waals surface area contributed by atoms with Gasteiger partial charge in [0.25, 0.3) is 5.91 Å². The molecule has 2 N–H and O–H groups in total. The van der Waals surface area contributed by atoms with Gasteiger partial charge in [0, 0.05) is 29.4 Å². The third kappa shape index (κ3) is 4.34. The van der Waals surface area contributed by atoms with Crippen molar-refractivity contribution in [3.05, 3.63) is 78.4 Å². The second-order valence-corrected chi connectivity index (χ2v) is 10.5. The Bertz CT molecular complexity index is 1390. The van der Waals surface area contributed by atoms with E-state index in [-0.39, 0.29) is 16.8 Å². The summed E-state index contributed by atoms with van der Waals surface area (Å²) in [6.45, 7) is 2.48. The van der Waals surface area contributed by atoms with Crippen molar-refractivity contribution < 1.29 is 13.2 Å². The van der Waals surface area contributed by atoms with Crippen molar-refractivity contribution in [2.75, 3.05) is 11.9 Å². The van der Waals surface area contributed by atoms with E-state index in [4.69, 9.17) is 0 Å². The van der Waals surface area contributed by atoms with Crippen LogP contribution in [0.25, 0.3) is 22.4 Å². The third-order valence-electron chi connectivity index (χ3n) is 6.27. The average Bonchev–Trinajstić information content (AvgIpc) is 3.29. The van der Waals surface area contributed by atoms with E-state index in [1.165, 1.54) is 12.1 Å². The molecule has 34 heavy (non-hydrogen) atoms. The smallest absolute Gasteiger partial charge is 0.255 e. The molecular formula is C26H26N4O3S. The fourth-order valence-corrected chi connectivity index (χ4v) is 6.05. The van der Waals surface area contributed by atoms with E-state index in [0.717, 1.165) is 41.7 Å². The molecule has 5 rings (SSSR count). The summed E-state index contributed by atoms with van der Waals surface area (Å²) in [5.41, 5.74) is 3.82. The summed E-state index contributed by atoms with van der Waals surface area (Å²) in [6, 6.07) is 21.4. The first-order chi connectivity index (χ1) is 16.4. The number of carbonyl (C=O) groups excluding carboxylic acids is 1. The van der Waals surface area contributed by atoms with Crippen molar-refractivity contribution >= 4 is 32.7 Å². The Labute approximate surface area is 198 Å². The molecule has 1 atom stereocenters. The molecule has 1 saturated heterocycles. The first-order valence-electron chi connectivity index (χ1n) is 11.4. The van der Waals surface area contributed by atoms with Gasteiger partial charge in [-0.1, -0.05) is 18.6 Å². The Hall–Kier alpha value is -3.49. The van der Waals surface area contributed by atoms with E-state index in [1.54, 1.807) is 16.4 Å². The van der Waals surface area contributed by atoms with Crippen molar-refractivity contribution in [3.63, 3.8) is 0 Å². The number of anilines is 1. The second kappa shape index (κ2) is 9.04. The van der Waals surface area contributed by atoms with Crippen molar-refractivity contribution in [1.82, 2.24) is 14.3 Å². The molecule has 1 amide bonds. The van der Waals surface area contributed by atoms with Crippen LogP contribution < -0.4 is 5.32 Å². The monoisotopic (exact) mass is 474 g/mol. The number of rotatable bonds is 5. The van der Waals surface area contributed by atoms with Gasteiger partial charge >= 0.3 is 0 Å². The van der Waals surface area contributed by atoms with Gasteiger partial charge in [-0.25, -0.2) is 13.4 Å². The number of fused-ring (bicyclic) bond motifs is 1. The largest absolute Gasteiger partial charge is 0.338 e. The predicted molar refractivity (Wildman–Crippen MR) is 133 cm³/mol. The minimum atomic E-state index is -3.56. The SMILES string of the molecule is C[C@H]1CCCCN1S(=O)(=O)c1ccc(C(=O)Nc2ccc(-c3nc4ccccc4[nH]3)cc2)cc1. The Kier molecular flexibility index (Phi) is 5.93. The molecule has 1 aromatic heterocycles. The van der Waals surface area contributed by atoms with E-state index in [9.17, 15) is 13.2 Å². The lowest BCUT2D eigenvalue weighted by Gasteiger charge is -2.32. The molecule has 7 nitrogen and oxygen atoms in total. The standard InChI is InChI=1S/C26H26N4O3S/c1-18-6-4-5-17-30(18)34(32,33)22-15-11-20(12-16-22)26(31)27-21-13-9-19(10-14-21)25-28-23-7-2-3-8-24(23)29-25/h2-3,7-16,18H,4-6,17H2,1H3,(H,27,31)(H,28,29)/t18-/m0/s1. The summed E-state index contributed by atoms with van der Waals surface area (Å²) in [7, 11) is -3.56. The van der Waals surface area contributed by atoms with Crippen LogP contribution in [-0.4, -0.2) is 41.2 Å². The zero-order valence-corrected chi connectivity index (χ0v) is 19.7. The highest BCUT2D eigenvalue weighted by Gasteiger charge is 2.30. The Morgan fingerprint density at radius 2 is 1.74 bits per heavy atom. The molecule has 0 bridgehead atoms. The van der Waals surface area contributed by atoms with Crippen LogP contribution in [0.4, 0.5) is 5.69 Å². The number of hydrogen-bond acceptors (Lipinski definition) is 4. The van der Waals surface area contributed by atoms with Crippen molar-refractivity contribution in [2.24, 2.45) is 0 Å². The highest BCUT2D eigenvalue weighted by Crippen LogP contribution is 2.26. The molecule has 1 fully saturated rings. The van der Waals surface area contributed by atoms with Crippen molar-refractivity contribution in [2.45, 2.75) is 37.1 Å². The number of aromatic nitrogens is 2. The van der Waals surface area contributed by atoms with Gasteiger partial charge in [0.05, 0.1) is 15.9 Å². The number of amides is 1. The fourth-order valence-electron chi connectivity index (χ4n) is 4.35. The number of aromatic amines is 1. The number of nitrogens with zero attached hydrogens (tertiary/aromatic N) is 2. The van der Waals surface area contributed by atoms with Crippen LogP contribution in [0, 0.1) is 0 Å². The lowest BCUT2D eigenvalue weighted by atomic mass is 10.1. The highest BCUT2D eigenvalue weighted by molar-refractivity contribution is 7.89. The highest BCUT2D eigenvalue weighted by atomic mass is 32.2. The van der Waals surface area contributed by atoms with Gasteiger partial charge in [-0.15, -0.1) is 0 Å². The lowest BCUT2D eigenvalue weighted by Crippen LogP contribution is -2.41. The molecule has 0 aliphatic carbocycles. The Morgan fingerprint density at radius 3 is 2.44 bits per heavy atom. The Morgan fingerprint density at radius 1 is 1.00 bits per heavy atom. The molecular weight excluding hydrogens is 448 g/mol. The summed E-state index contributed by atoms with van der Waals surface area (Å²) in [4.78, 5) is 20.8. The van der Waals surface area contributed by atoms with E-state index in [1.807, 2.05) is 55.5 Å². The summed E-state index contributed by atoms with van der Waals surface area (Å²) in [5.74, 6) is 0.464. The molecule has 0 spiro atoms. The van der Waals surface area contributed by atoms with E-state index in [2.05, 4.69) is 15.3 Å². The summed E-state index contributed by atoms with van der Waals surface area (Å²) in [5, 5.41) is 2.86. The fraction of sp³-hybridized carbons (Fsp3) is 0.231. The van der Waals surface area contributed by atoms with Gasteiger partial charge in [0.2, 0.25) is 10.0 Å². The van der Waals surface area contributed by atoms with Crippen LogP contribution in [0.3, 0.4) is 0 Å². The van der Waals surface area contributed by atoms with Crippen LogP contribution in [0.15, 0.2) is 77.7 Å². The van der Waals surface area contributed by atoms with Crippen LogP contribution in [-0.2, 0) is 10.0 Å². The van der Waals surface area contributed by atoms with E-state index >= 15 is 0 Å². The molecule has 3 aromatic carbocycles. The number of benzene rings is 3. The zero-order valence-electron chi connectivity index (χ0n) is 18.9. The van der Waals surface area contributed by atoms with Crippen LogP contribution in [0.2, 0.25) is 0 Å². The molecule has 0 saturated carbocycles. The van der Waals surface area contributed by atoms with Crippen molar-refractivity contribution in [3.8, 4) is 11.4 Å². The molecule has 0 unspecified atom stereocenters. The maximum atomic E-state index is 13.0. The van der Waals surface area contributed by atoms with Gasteiger partial charge < -0.3 is 10.3 Å². The van der Waals surface area contributed by atoms with Gasteiger partial charge in [-0.05, 0) is 80.4 Å². The number of carbonyl (C=O) groups is 1. The average molecular weight is 475 g/mol. The lowest BCUT2D eigenvalue weighted by molar-refractivity contribution is 0.102. The number of H-pyrrole nitrogens is 1. The molecule has 4 aromatic rings. The summed E-state index contributed by atoms with van der Waals surface area (Å²) >= 11 is 0. The first-order valence-corrected chi connectivity index (χ1v) is 12.8. The van der Waals surface area contributed by atoms with Gasteiger partial charge in [0.15, 0.2) is 0 Å². The van der Waals surface area contributed by atoms with Crippen LogP contribution in [0.5, 0.6) is 0 Å². The maximum absolute atomic E-state index is 13.0. The summed E-state index contributed by atoms with van der Waals surface area (Å²) in [6.07, 6.45) is 2.79. The summed E-state index contributed by atoms with van der Waals surface area (Å²) < 4.78 is 27.6. The molecule has 0 radical (unpaired) electrons. The molecule has 174 valence electrons. The van der Waals surface area contributed by atoms with Crippen molar-refractivity contribution in [1.29, 1.82) is 0 Å². The number of nitrogens with one attached hydrogen (secondary N) is 2. The van der Waals surface area contributed by atoms with Crippen LogP contribution in [0.1, 0.15) is 36.5 Å². The minimum Gasteiger partial charge on any atom is -0.338 e.